The second kappa shape index (κ2) is 9.28. The number of amides is 2. The van der Waals surface area contributed by atoms with Gasteiger partial charge in [0.1, 0.15) is 12.4 Å². The third-order valence-corrected chi connectivity index (χ3v) is 5.81. The van der Waals surface area contributed by atoms with Crippen LogP contribution in [0.25, 0.3) is 0 Å². The molecule has 7 heteroatoms. The lowest BCUT2D eigenvalue weighted by molar-refractivity contribution is -0.142. The van der Waals surface area contributed by atoms with E-state index in [2.05, 4.69) is 12.1 Å². The summed E-state index contributed by atoms with van der Waals surface area (Å²) >= 11 is 0. The number of hydroxylamine groups is 1. The predicted molar refractivity (Wildman–Crippen MR) is 109 cm³/mol. The van der Waals surface area contributed by atoms with Crippen LogP contribution >= 0.6 is 0 Å². The van der Waals surface area contributed by atoms with Crippen LogP contribution in [-0.4, -0.2) is 47.8 Å². The van der Waals surface area contributed by atoms with Crippen molar-refractivity contribution in [3.8, 4) is 5.75 Å². The van der Waals surface area contributed by atoms with Crippen LogP contribution in [0, 0.1) is 5.92 Å². The standard InChI is InChI=1S/C23H26N2O5/c26-22(24-28)18-6-7-19-14-25(23(27)17-8-10-29-11-9-17)20(15-30-21(19)13-18)12-16-4-2-1-3-5-16/h1-7,13,17,20,28H,8-12,14-15H2,(H,24,26). The van der Waals surface area contributed by atoms with Crippen molar-refractivity contribution in [2.45, 2.75) is 31.8 Å². The van der Waals surface area contributed by atoms with Gasteiger partial charge in [-0.15, -0.1) is 0 Å². The van der Waals surface area contributed by atoms with Crippen molar-refractivity contribution < 1.29 is 24.3 Å². The van der Waals surface area contributed by atoms with Crippen LogP contribution < -0.4 is 10.2 Å². The van der Waals surface area contributed by atoms with Crippen LogP contribution in [-0.2, 0) is 22.5 Å². The number of hydrogen-bond acceptors (Lipinski definition) is 5. The molecule has 1 unspecified atom stereocenters. The molecule has 2 N–H and O–H groups in total. The summed E-state index contributed by atoms with van der Waals surface area (Å²) in [5.74, 6) is 0.0592. The summed E-state index contributed by atoms with van der Waals surface area (Å²) in [5, 5.41) is 8.91. The van der Waals surface area contributed by atoms with Gasteiger partial charge in [-0.3, -0.25) is 14.8 Å². The number of rotatable bonds is 4. The van der Waals surface area contributed by atoms with E-state index in [0.29, 0.717) is 44.1 Å². The molecule has 1 saturated heterocycles. The average Bonchev–Trinajstić information content (AvgIpc) is 2.98. The Hall–Kier alpha value is -2.90. The average molecular weight is 410 g/mol. The van der Waals surface area contributed by atoms with Crippen LogP contribution in [0.4, 0.5) is 0 Å². The van der Waals surface area contributed by atoms with Gasteiger partial charge in [-0.1, -0.05) is 36.4 Å². The van der Waals surface area contributed by atoms with E-state index in [1.165, 1.54) is 0 Å². The van der Waals surface area contributed by atoms with Crippen molar-refractivity contribution in [2.24, 2.45) is 5.92 Å². The van der Waals surface area contributed by atoms with Gasteiger partial charge >= 0.3 is 0 Å². The van der Waals surface area contributed by atoms with Crippen molar-refractivity contribution in [3.05, 3.63) is 65.2 Å². The maximum Gasteiger partial charge on any atom is 0.274 e. The van der Waals surface area contributed by atoms with Crippen molar-refractivity contribution in [3.63, 3.8) is 0 Å². The summed E-state index contributed by atoms with van der Waals surface area (Å²) < 4.78 is 11.5. The quantitative estimate of drug-likeness (QED) is 0.598. The molecule has 2 aromatic carbocycles. The first-order valence-corrected chi connectivity index (χ1v) is 10.3. The number of carbonyl (C=O) groups is 2. The summed E-state index contributed by atoms with van der Waals surface area (Å²) in [7, 11) is 0. The van der Waals surface area contributed by atoms with Crippen LogP contribution in [0.5, 0.6) is 5.75 Å². The van der Waals surface area contributed by atoms with Crippen LogP contribution in [0.2, 0.25) is 0 Å². The summed E-state index contributed by atoms with van der Waals surface area (Å²) in [6, 6.07) is 15.0. The molecule has 0 spiro atoms. The Morgan fingerprint density at radius 2 is 1.87 bits per heavy atom. The molecule has 7 nitrogen and oxygen atoms in total. The number of ether oxygens (including phenoxy) is 2. The maximum atomic E-state index is 13.5. The Kier molecular flexibility index (Phi) is 6.30. The fourth-order valence-electron chi connectivity index (χ4n) is 4.11. The summed E-state index contributed by atoms with van der Waals surface area (Å²) in [4.78, 5) is 27.2. The van der Waals surface area contributed by atoms with Gasteiger partial charge in [0.2, 0.25) is 5.91 Å². The molecular formula is C23H26N2O5. The largest absolute Gasteiger partial charge is 0.491 e. The summed E-state index contributed by atoms with van der Waals surface area (Å²) in [5.41, 5.74) is 3.94. The Morgan fingerprint density at radius 1 is 1.10 bits per heavy atom. The van der Waals surface area contributed by atoms with E-state index >= 15 is 0 Å². The van der Waals surface area contributed by atoms with E-state index in [-0.39, 0.29) is 17.9 Å². The minimum Gasteiger partial charge on any atom is -0.491 e. The zero-order valence-electron chi connectivity index (χ0n) is 16.8. The van der Waals surface area contributed by atoms with E-state index in [1.54, 1.807) is 23.7 Å². The zero-order chi connectivity index (χ0) is 20.9. The highest BCUT2D eigenvalue weighted by Crippen LogP contribution is 2.30. The summed E-state index contributed by atoms with van der Waals surface area (Å²) in [6.45, 7) is 1.98. The fourth-order valence-corrected chi connectivity index (χ4v) is 4.11. The van der Waals surface area contributed by atoms with Crippen molar-refractivity contribution in [2.75, 3.05) is 19.8 Å². The first-order valence-electron chi connectivity index (χ1n) is 10.3. The first kappa shape index (κ1) is 20.4. The number of nitrogens with one attached hydrogen (secondary N) is 1. The van der Waals surface area contributed by atoms with E-state index in [0.717, 1.165) is 24.0 Å². The Bertz CT molecular complexity index is 896. The molecular weight excluding hydrogens is 384 g/mol. The molecule has 158 valence electrons. The molecule has 1 fully saturated rings. The molecule has 0 saturated carbocycles. The monoisotopic (exact) mass is 410 g/mol. The Morgan fingerprint density at radius 3 is 2.60 bits per heavy atom. The SMILES string of the molecule is O=C(NO)c1ccc2c(c1)OCC(Cc1ccccc1)N(C(=O)C1CCOCC1)C2. The van der Waals surface area contributed by atoms with Gasteiger partial charge in [0.05, 0.1) is 6.04 Å². The van der Waals surface area contributed by atoms with Gasteiger partial charge in [-0.25, -0.2) is 5.48 Å². The predicted octanol–water partition coefficient (Wildman–Crippen LogP) is 2.56. The number of hydrogen-bond donors (Lipinski definition) is 2. The molecule has 2 heterocycles. The normalized spacial score (nSPS) is 19.4. The minimum absolute atomic E-state index is 0.0435. The van der Waals surface area contributed by atoms with E-state index in [9.17, 15) is 9.59 Å². The molecule has 30 heavy (non-hydrogen) atoms. The van der Waals surface area contributed by atoms with Crippen molar-refractivity contribution >= 4 is 11.8 Å². The molecule has 2 aliphatic heterocycles. The first-order chi connectivity index (χ1) is 14.7. The van der Waals surface area contributed by atoms with E-state index in [1.807, 2.05) is 23.1 Å². The molecule has 0 aliphatic carbocycles. The lowest BCUT2D eigenvalue weighted by Gasteiger charge is -2.34. The fraction of sp³-hybridized carbons (Fsp3) is 0.391. The minimum atomic E-state index is -0.596. The molecule has 1 atom stereocenters. The van der Waals surface area contributed by atoms with Crippen LogP contribution in [0.3, 0.4) is 0 Å². The second-order valence-corrected chi connectivity index (χ2v) is 7.77. The van der Waals surface area contributed by atoms with Gasteiger partial charge in [-0.2, -0.15) is 0 Å². The topological polar surface area (TPSA) is 88.1 Å². The third kappa shape index (κ3) is 4.47. The lowest BCUT2D eigenvalue weighted by Crippen LogP contribution is -2.46. The third-order valence-electron chi connectivity index (χ3n) is 5.81. The Balaban J connectivity index is 1.62. The zero-order valence-corrected chi connectivity index (χ0v) is 16.8. The van der Waals surface area contributed by atoms with Gasteiger partial charge in [0.15, 0.2) is 0 Å². The molecule has 0 bridgehead atoms. The maximum absolute atomic E-state index is 13.5. The van der Waals surface area contributed by atoms with E-state index in [4.69, 9.17) is 14.7 Å². The van der Waals surface area contributed by atoms with E-state index < -0.39 is 5.91 Å². The molecule has 2 aromatic rings. The van der Waals surface area contributed by atoms with Crippen LogP contribution in [0.1, 0.15) is 34.3 Å². The van der Waals surface area contributed by atoms with Gasteiger partial charge in [0, 0.05) is 36.8 Å². The van der Waals surface area contributed by atoms with Crippen molar-refractivity contribution in [1.82, 2.24) is 10.4 Å². The Labute approximate surface area is 175 Å². The molecule has 0 radical (unpaired) electrons. The molecule has 0 aromatic heterocycles. The number of carbonyl (C=O) groups excluding carboxylic acids is 2. The van der Waals surface area contributed by atoms with Crippen LogP contribution in [0.15, 0.2) is 48.5 Å². The lowest BCUT2D eigenvalue weighted by atomic mass is 9.96. The number of benzene rings is 2. The van der Waals surface area contributed by atoms with Gasteiger partial charge in [0.25, 0.3) is 5.91 Å². The number of nitrogens with zero attached hydrogens (tertiary/aromatic N) is 1. The molecule has 2 amide bonds. The van der Waals surface area contributed by atoms with Gasteiger partial charge in [-0.05, 0) is 37.0 Å². The summed E-state index contributed by atoms with van der Waals surface area (Å²) in [6.07, 6.45) is 2.15. The molecule has 2 aliphatic rings. The smallest absolute Gasteiger partial charge is 0.274 e. The highest BCUT2D eigenvalue weighted by Gasteiger charge is 2.34. The van der Waals surface area contributed by atoms with Gasteiger partial charge < -0.3 is 14.4 Å². The second-order valence-electron chi connectivity index (χ2n) is 7.77. The highest BCUT2D eigenvalue weighted by atomic mass is 16.5. The number of fused-ring (bicyclic) bond motifs is 1. The molecule has 4 rings (SSSR count). The van der Waals surface area contributed by atoms with Crippen molar-refractivity contribution in [1.29, 1.82) is 0 Å². The highest BCUT2D eigenvalue weighted by molar-refractivity contribution is 5.93.